The summed E-state index contributed by atoms with van der Waals surface area (Å²) in [6, 6.07) is 3.16. The van der Waals surface area contributed by atoms with Crippen molar-refractivity contribution in [2.24, 2.45) is 5.73 Å². The molecule has 0 bridgehead atoms. The second-order valence-electron chi connectivity index (χ2n) is 2.16. The molecule has 62 valence electrons. The van der Waals surface area contributed by atoms with Gasteiger partial charge in [-0.05, 0) is 12.1 Å². The summed E-state index contributed by atoms with van der Waals surface area (Å²) < 4.78 is 10.6. The lowest BCUT2D eigenvalue weighted by Gasteiger charge is -2.10. The van der Waals surface area contributed by atoms with Gasteiger partial charge >= 0.3 is 7.60 Å². The fourth-order valence-corrected chi connectivity index (χ4v) is 1.23. The number of H-pyrrole nitrogens is 1. The average Bonchev–Trinajstić information content (AvgIpc) is 2.34. The molecule has 0 radical (unpaired) electrons. The van der Waals surface area contributed by atoms with Crippen LogP contribution in [-0.4, -0.2) is 14.8 Å². The predicted octanol–water partition coefficient (Wildman–Crippen LogP) is 0.150. The molecule has 0 amide bonds. The monoisotopic (exact) mass is 176 g/mol. The maximum Gasteiger partial charge on any atom is 0.348 e. The van der Waals surface area contributed by atoms with Gasteiger partial charge in [0.1, 0.15) is 5.78 Å². The first-order valence-corrected chi connectivity index (χ1v) is 4.64. The smallest absolute Gasteiger partial charge is 0.348 e. The van der Waals surface area contributed by atoms with E-state index < -0.39 is 13.4 Å². The van der Waals surface area contributed by atoms with E-state index in [0.29, 0.717) is 5.69 Å². The van der Waals surface area contributed by atoms with Gasteiger partial charge < -0.3 is 20.5 Å². The first-order chi connectivity index (χ1) is 5.02. The standard InChI is InChI=1S/C5H9N2O3P/c6-5(11(8,9)10)4-2-1-3-7-4/h1-3,5,7H,6H2,(H2,8,9,10). The summed E-state index contributed by atoms with van der Waals surface area (Å²) in [5.41, 5.74) is 5.57. The molecule has 0 saturated heterocycles. The lowest BCUT2D eigenvalue weighted by Crippen LogP contribution is -2.10. The van der Waals surface area contributed by atoms with Crippen molar-refractivity contribution in [1.29, 1.82) is 0 Å². The van der Waals surface area contributed by atoms with E-state index in [-0.39, 0.29) is 0 Å². The van der Waals surface area contributed by atoms with Gasteiger partial charge in [0.25, 0.3) is 0 Å². The number of nitrogens with two attached hydrogens (primary N) is 1. The molecule has 0 aliphatic carbocycles. The van der Waals surface area contributed by atoms with Crippen molar-refractivity contribution >= 4 is 7.60 Å². The van der Waals surface area contributed by atoms with Crippen LogP contribution in [0.5, 0.6) is 0 Å². The van der Waals surface area contributed by atoms with Crippen LogP contribution in [0, 0.1) is 0 Å². The van der Waals surface area contributed by atoms with Crippen LogP contribution in [0.1, 0.15) is 11.5 Å². The van der Waals surface area contributed by atoms with Crippen LogP contribution < -0.4 is 5.73 Å². The Bertz CT molecular complexity index is 265. The van der Waals surface area contributed by atoms with Gasteiger partial charge in [-0.2, -0.15) is 0 Å². The van der Waals surface area contributed by atoms with Crippen LogP contribution in [0.4, 0.5) is 0 Å². The molecule has 1 aromatic heterocycles. The predicted molar refractivity (Wildman–Crippen MR) is 39.8 cm³/mol. The third kappa shape index (κ3) is 1.91. The van der Waals surface area contributed by atoms with Gasteiger partial charge in [0.2, 0.25) is 0 Å². The Labute approximate surface area is 63.4 Å². The Balaban J connectivity index is 2.87. The van der Waals surface area contributed by atoms with Gasteiger partial charge in [-0.25, -0.2) is 0 Å². The van der Waals surface area contributed by atoms with Crippen molar-refractivity contribution in [3.63, 3.8) is 0 Å². The zero-order valence-electron chi connectivity index (χ0n) is 5.64. The van der Waals surface area contributed by atoms with E-state index in [1.807, 2.05) is 0 Å². The zero-order valence-corrected chi connectivity index (χ0v) is 6.53. The fraction of sp³-hybridized carbons (Fsp3) is 0.200. The molecule has 5 nitrogen and oxygen atoms in total. The molecule has 0 saturated carbocycles. The molecular weight excluding hydrogens is 167 g/mol. The number of hydrogen-bond donors (Lipinski definition) is 4. The highest BCUT2D eigenvalue weighted by Gasteiger charge is 2.26. The number of nitrogens with one attached hydrogen (secondary N) is 1. The van der Waals surface area contributed by atoms with Crippen molar-refractivity contribution < 1.29 is 14.4 Å². The average molecular weight is 176 g/mol. The van der Waals surface area contributed by atoms with Gasteiger partial charge in [0.05, 0.1) is 0 Å². The maximum absolute atomic E-state index is 10.6. The molecule has 1 unspecified atom stereocenters. The Morgan fingerprint density at radius 1 is 1.64 bits per heavy atom. The van der Waals surface area contributed by atoms with E-state index in [0.717, 1.165) is 0 Å². The quantitative estimate of drug-likeness (QED) is 0.482. The number of aromatic nitrogens is 1. The molecule has 1 atom stereocenters. The number of aromatic amines is 1. The number of hydrogen-bond acceptors (Lipinski definition) is 2. The van der Waals surface area contributed by atoms with Crippen molar-refractivity contribution in [3.8, 4) is 0 Å². The van der Waals surface area contributed by atoms with E-state index >= 15 is 0 Å². The molecule has 1 rings (SSSR count). The van der Waals surface area contributed by atoms with E-state index in [9.17, 15) is 4.57 Å². The van der Waals surface area contributed by atoms with E-state index in [2.05, 4.69) is 4.98 Å². The maximum atomic E-state index is 10.6. The second-order valence-corrected chi connectivity index (χ2v) is 3.89. The van der Waals surface area contributed by atoms with Gasteiger partial charge in [-0.15, -0.1) is 0 Å². The van der Waals surface area contributed by atoms with Gasteiger partial charge in [-0.3, -0.25) is 4.57 Å². The first kappa shape index (κ1) is 8.49. The van der Waals surface area contributed by atoms with E-state index in [4.69, 9.17) is 15.5 Å². The normalized spacial score (nSPS) is 14.8. The van der Waals surface area contributed by atoms with Crippen molar-refractivity contribution in [2.45, 2.75) is 5.78 Å². The molecule has 11 heavy (non-hydrogen) atoms. The molecule has 1 heterocycles. The Morgan fingerprint density at radius 2 is 2.27 bits per heavy atom. The molecule has 0 spiro atoms. The summed E-state index contributed by atoms with van der Waals surface area (Å²) in [7, 11) is -4.20. The van der Waals surface area contributed by atoms with Crippen molar-refractivity contribution in [1.82, 2.24) is 4.98 Å². The van der Waals surface area contributed by atoms with Crippen LogP contribution in [0.15, 0.2) is 18.3 Å². The molecule has 0 aliphatic heterocycles. The summed E-state index contributed by atoms with van der Waals surface area (Å²) >= 11 is 0. The largest absolute Gasteiger partial charge is 0.363 e. The minimum Gasteiger partial charge on any atom is -0.363 e. The molecule has 0 aromatic carbocycles. The lowest BCUT2D eigenvalue weighted by atomic mass is 10.4. The zero-order chi connectivity index (χ0) is 8.48. The number of rotatable bonds is 2. The van der Waals surface area contributed by atoms with Crippen LogP contribution in [-0.2, 0) is 4.57 Å². The Morgan fingerprint density at radius 3 is 2.64 bits per heavy atom. The van der Waals surface area contributed by atoms with Gasteiger partial charge in [0.15, 0.2) is 0 Å². The molecule has 6 heteroatoms. The van der Waals surface area contributed by atoms with Crippen molar-refractivity contribution in [3.05, 3.63) is 24.0 Å². The van der Waals surface area contributed by atoms with Gasteiger partial charge in [-0.1, -0.05) is 0 Å². The summed E-state index contributed by atoms with van der Waals surface area (Å²) in [5, 5.41) is 0. The highest BCUT2D eigenvalue weighted by molar-refractivity contribution is 7.52. The summed E-state index contributed by atoms with van der Waals surface area (Å²) in [4.78, 5) is 19.9. The summed E-state index contributed by atoms with van der Waals surface area (Å²) in [5.74, 6) is -1.24. The van der Waals surface area contributed by atoms with Crippen molar-refractivity contribution in [2.75, 3.05) is 0 Å². The minimum absolute atomic E-state index is 0.346. The van der Waals surface area contributed by atoms with Crippen LogP contribution >= 0.6 is 7.60 Å². The third-order valence-electron chi connectivity index (χ3n) is 1.30. The highest BCUT2D eigenvalue weighted by atomic mass is 31.2. The summed E-state index contributed by atoms with van der Waals surface area (Å²) in [6.07, 6.45) is 1.56. The minimum atomic E-state index is -4.20. The molecule has 5 N–H and O–H groups in total. The molecule has 0 aliphatic rings. The topological polar surface area (TPSA) is 99.3 Å². The lowest BCUT2D eigenvalue weighted by molar-refractivity contribution is 0.359. The van der Waals surface area contributed by atoms with E-state index in [1.165, 1.54) is 6.07 Å². The summed E-state index contributed by atoms with van der Waals surface area (Å²) in [6.45, 7) is 0. The Kier molecular flexibility index (Phi) is 2.15. The SMILES string of the molecule is NC(c1ccc[nH]1)P(=O)(O)O. The van der Waals surface area contributed by atoms with Crippen LogP contribution in [0.2, 0.25) is 0 Å². The first-order valence-electron chi connectivity index (χ1n) is 2.96. The molecular formula is C5H9N2O3P. The highest BCUT2D eigenvalue weighted by Crippen LogP contribution is 2.47. The Hall–Kier alpha value is -0.610. The molecule has 1 aromatic rings. The van der Waals surface area contributed by atoms with E-state index in [1.54, 1.807) is 12.3 Å². The second kappa shape index (κ2) is 2.79. The van der Waals surface area contributed by atoms with Gasteiger partial charge in [0, 0.05) is 11.9 Å². The van der Waals surface area contributed by atoms with Crippen LogP contribution in [0.25, 0.3) is 0 Å². The fourth-order valence-electron chi connectivity index (χ4n) is 0.709. The third-order valence-corrected chi connectivity index (χ3v) is 2.31. The molecule has 0 fully saturated rings. The van der Waals surface area contributed by atoms with Crippen LogP contribution in [0.3, 0.4) is 0 Å².